The Kier molecular flexibility index (Phi) is 5.31. The van der Waals surface area contributed by atoms with E-state index >= 15 is 0 Å². The minimum atomic E-state index is -0.528. The van der Waals surface area contributed by atoms with Gasteiger partial charge in [0.25, 0.3) is 0 Å². The summed E-state index contributed by atoms with van der Waals surface area (Å²) < 4.78 is 1.95. The number of hydrogen-bond acceptors (Lipinski definition) is 8. The van der Waals surface area contributed by atoms with Crippen LogP contribution in [0.3, 0.4) is 0 Å². The third-order valence-corrected chi connectivity index (χ3v) is 4.08. The zero-order chi connectivity index (χ0) is 19.6. The van der Waals surface area contributed by atoms with E-state index in [2.05, 4.69) is 25.6 Å². The van der Waals surface area contributed by atoms with Gasteiger partial charge in [0.05, 0.1) is 12.4 Å². The normalized spacial score (nSPS) is 12.5. The molecule has 1 unspecified atom stereocenters. The predicted octanol–water partition coefficient (Wildman–Crippen LogP) is 2.10. The van der Waals surface area contributed by atoms with Gasteiger partial charge in [-0.05, 0) is 39.0 Å². The number of rotatable bonds is 7. The highest BCUT2D eigenvalue weighted by Gasteiger charge is 2.15. The molecule has 9 heteroatoms. The van der Waals surface area contributed by atoms with E-state index in [4.69, 9.17) is 5.73 Å². The average molecular weight is 371 g/mol. The lowest BCUT2D eigenvalue weighted by atomic mass is 10.2. The zero-order valence-corrected chi connectivity index (χ0v) is 15.6. The Labute approximate surface area is 157 Å². The molecule has 3 aromatic rings. The van der Waals surface area contributed by atoms with E-state index in [-0.39, 0.29) is 11.8 Å². The number of nitrogens with one attached hydrogen (secondary N) is 2. The molecule has 0 fully saturated rings. The minimum absolute atomic E-state index is 0.155. The van der Waals surface area contributed by atoms with Crippen LogP contribution in [-0.4, -0.2) is 42.4 Å². The number of imidazole rings is 1. The first-order valence-electron chi connectivity index (χ1n) is 8.83. The summed E-state index contributed by atoms with van der Waals surface area (Å²) in [5, 5.41) is 25.8. The molecule has 2 aromatic heterocycles. The van der Waals surface area contributed by atoms with Crippen molar-refractivity contribution in [1.29, 1.82) is 0 Å². The maximum absolute atomic E-state index is 10.0. The number of benzene rings is 1. The summed E-state index contributed by atoms with van der Waals surface area (Å²) in [7, 11) is 0. The number of aliphatic hydroxyl groups is 1. The number of aromatic nitrogens is 4. The molecule has 3 rings (SSSR count). The summed E-state index contributed by atoms with van der Waals surface area (Å²) in [6.07, 6.45) is 1.20. The van der Waals surface area contributed by atoms with Crippen molar-refractivity contribution in [2.45, 2.75) is 39.5 Å². The number of nitrogens with zero attached hydrogens (tertiary/aromatic N) is 4. The van der Waals surface area contributed by atoms with Crippen LogP contribution in [0.2, 0.25) is 0 Å². The summed E-state index contributed by atoms with van der Waals surface area (Å²) in [5.74, 6) is 1.08. The monoisotopic (exact) mass is 371 g/mol. The highest BCUT2D eigenvalue weighted by molar-refractivity contribution is 5.84. The SMILES string of the molecule is CC(O)CNc1nc(NCc2cc(N)ccc2O)c2ncn(C(C)C)c2n1. The Balaban J connectivity index is 1.95. The van der Waals surface area contributed by atoms with Crippen LogP contribution in [0.1, 0.15) is 32.4 Å². The van der Waals surface area contributed by atoms with Crippen LogP contribution >= 0.6 is 0 Å². The van der Waals surface area contributed by atoms with Crippen LogP contribution in [0.25, 0.3) is 11.2 Å². The summed E-state index contributed by atoms with van der Waals surface area (Å²) in [6, 6.07) is 5.09. The standard InChI is InChI=1S/C18H25N7O2/c1-10(2)25-9-22-15-16(20-8-12-6-13(19)4-5-14(12)27)23-18(24-17(15)25)21-7-11(3)26/h4-6,9-11,26-27H,7-8,19H2,1-3H3,(H2,20,21,23,24). The molecule has 0 aliphatic heterocycles. The molecule has 0 saturated heterocycles. The molecule has 0 amide bonds. The van der Waals surface area contributed by atoms with Crippen molar-refractivity contribution in [3.8, 4) is 5.75 Å². The number of nitrogen functional groups attached to an aromatic ring is 1. The molecule has 0 spiro atoms. The maximum Gasteiger partial charge on any atom is 0.226 e. The number of hydrogen-bond donors (Lipinski definition) is 5. The molecule has 0 aliphatic rings. The zero-order valence-electron chi connectivity index (χ0n) is 15.6. The molecular formula is C18H25N7O2. The Hall–Kier alpha value is -3.07. The highest BCUT2D eigenvalue weighted by atomic mass is 16.3. The number of nitrogens with two attached hydrogens (primary N) is 1. The Morgan fingerprint density at radius 3 is 2.67 bits per heavy atom. The van der Waals surface area contributed by atoms with Crippen molar-refractivity contribution in [1.82, 2.24) is 19.5 Å². The fourth-order valence-electron chi connectivity index (χ4n) is 2.66. The van der Waals surface area contributed by atoms with Crippen molar-refractivity contribution in [3.63, 3.8) is 0 Å². The topological polar surface area (TPSA) is 134 Å². The van der Waals surface area contributed by atoms with Gasteiger partial charge in [-0.25, -0.2) is 4.98 Å². The van der Waals surface area contributed by atoms with E-state index in [1.807, 2.05) is 18.4 Å². The van der Waals surface area contributed by atoms with Gasteiger partial charge in [0.2, 0.25) is 5.95 Å². The number of aliphatic hydroxyl groups excluding tert-OH is 1. The second-order valence-corrected chi connectivity index (χ2v) is 6.79. The molecule has 2 heterocycles. The average Bonchev–Trinajstić information content (AvgIpc) is 3.04. The van der Waals surface area contributed by atoms with Crippen LogP contribution in [0.4, 0.5) is 17.5 Å². The Morgan fingerprint density at radius 1 is 1.19 bits per heavy atom. The van der Waals surface area contributed by atoms with Gasteiger partial charge in [-0.1, -0.05) is 0 Å². The van der Waals surface area contributed by atoms with Gasteiger partial charge in [-0.15, -0.1) is 0 Å². The van der Waals surface area contributed by atoms with Crippen LogP contribution in [0, 0.1) is 0 Å². The van der Waals surface area contributed by atoms with E-state index in [0.29, 0.717) is 47.3 Å². The van der Waals surface area contributed by atoms with Crippen molar-refractivity contribution in [2.75, 3.05) is 22.9 Å². The van der Waals surface area contributed by atoms with Gasteiger partial charge in [0.15, 0.2) is 17.0 Å². The van der Waals surface area contributed by atoms with Crippen molar-refractivity contribution < 1.29 is 10.2 Å². The fraction of sp³-hybridized carbons (Fsp3) is 0.389. The summed E-state index contributed by atoms with van der Waals surface area (Å²) in [4.78, 5) is 13.5. The van der Waals surface area contributed by atoms with Gasteiger partial charge in [0, 0.05) is 30.4 Å². The number of phenolic OH excluding ortho intramolecular Hbond substituents is 1. The van der Waals surface area contributed by atoms with Gasteiger partial charge < -0.3 is 31.1 Å². The lowest BCUT2D eigenvalue weighted by molar-refractivity contribution is 0.208. The molecule has 0 bridgehead atoms. The minimum Gasteiger partial charge on any atom is -0.508 e. The van der Waals surface area contributed by atoms with Gasteiger partial charge in [-0.2, -0.15) is 9.97 Å². The third-order valence-electron chi connectivity index (χ3n) is 4.08. The second kappa shape index (κ2) is 7.67. The molecule has 27 heavy (non-hydrogen) atoms. The molecule has 0 saturated carbocycles. The van der Waals surface area contributed by atoms with E-state index in [9.17, 15) is 10.2 Å². The third kappa shape index (κ3) is 4.20. The largest absolute Gasteiger partial charge is 0.508 e. The van der Waals surface area contributed by atoms with E-state index in [0.717, 1.165) is 0 Å². The van der Waals surface area contributed by atoms with Crippen LogP contribution in [0.5, 0.6) is 5.75 Å². The Bertz CT molecular complexity index is 937. The predicted molar refractivity (Wildman–Crippen MR) is 106 cm³/mol. The van der Waals surface area contributed by atoms with Gasteiger partial charge in [0.1, 0.15) is 5.75 Å². The smallest absolute Gasteiger partial charge is 0.226 e. The highest BCUT2D eigenvalue weighted by Crippen LogP contribution is 2.25. The summed E-state index contributed by atoms with van der Waals surface area (Å²) >= 11 is 0. The lowest BCUT2D eigenvalue weighted by Crippen LogP contribution is -2.18. The number of aromatic hydroxyl groups is 1. The first-order chi connectivity index (χ1) is 12.8. The molecule has 9 nitrogen and oxygen atoms in total. The van der Waals surface area contributed by atoms with E-state index in [1.165, 1.54) is 0 Å². The Morgan fingerprint density at radius 2 is 1.96 bits per heavy atom. The van der Waals surface area contributed by atoms with E-state index < -0.39 is 6.10 Å². The summed E-state index contributed by atoms with van der Waals surface area (Å²) in [6.45, 7) is 6.43. The molecule has 6 N–H and O–H groups in total. The van der Waals surface area contributed by atoms with Crippen LogP contribution in [0.15, 0.2) is 24.5 Å². The quantitative estimate of drug-likeness (QED) is 0.315. The van der Waals surface area contributed by atoms with E-state index in [1.54, 1.807) is 31.5 Å². The van der Waals surface area contributed by atoms with Crippen molar-refractivity contribution in [2.24, 2.45) is 0 Å². The lowest BCUT2D eigenvalue weighted by Gasteiger charge is -2.13. The second-order valence-electron chi connectivity index (χ2n) is 6.79. The first-order valence-corrected chi connectivity index (χ1v) is 8.83. The molecule has 1 aromatic carbocycles. The van der Waals surface area contributed by atoms with Gasteiger partial charge >= 0.3 is 0 Å². The molecule has 0 radical (unpaired) electrons. The van der Waals surface area contributed by atoms with Crippen molar-refractivity contribution >= 4 is 28.6 Å². The number of fused-ring (bicyclic) bond motifs is 1. The van der Waals surface area contributed by atoms with Crippen molar-refractivity contribution in [3.05, 3.63) is 30.1 Å². The molecule has 144 valence electrons. The summed E-state index contributed by atoms with van der Waals surface area (Å²) in [5.41, 5.74) is 8.35. The molecule has 1 atom stereocenters. The van der Waals surface area contributed by atoms with Crippen LogP contribution in [-0.2, 0) is 6.54 Å². The van der Waals surface area contributed by atoms with Crippen LogP contribution < -0.4 is 16.4 Å². The number of anilines is 3. The fourth-order valence-corrected chi connectivity index (χ4v) is 2.66. The van der Waals surface area contributed by atoms with Gasteiger partial charge in [-0.3, -0.25) is 0 Å². The molecule has 0 aliphatic carbocycles. The molecular weight excluding hydrogens is 346 g/mol. The maximum atomic E-state index is 10.0. The number of phenols is 1. The first kappa shape index (κ1) is 18.7.